The summed E-state index contributed by atoms with van der Waals surface area (Å²) in [5.41, 5.74) is -0.942. The molecule has 1 atom stereocenters. The Hall–Kier alpha value is -1.84. The Morgan fingerprint density at radius 2 is 2.24 bits per heavy atom. The van der Waals surface area contributed by atoms with E-state index in [0.717, 1.165) is 0 Å². The summed E-state index contributed by atoms with van der Waals surface area (Å²) < 4.78 is 5.44. The van der Waals surface area contributed by atoms with Gasteiger partial charge in [-0.1, -0.05) is 17.7 Å². The predicted octanol–water partition coefficient (Wildman–Crippen LogP) is 3.30. The van der Waals surface area contributed by atoms with Crippen molar-refractivity contribution in [3.63, 3.8) is 0 Å². The SMILES string of the molecule is CC(C)NC(C)(C#N)CCOc1c(Cl)cccc1[N+](=O)[O-]. The largest absolute Gasteiger partial charge is 0.486 e. The van der Waals surface area contributed by atoms with Crippen LogP contribution in [-0.4, -0.2) is 23.1 Å². The number of nitrogens with one attached hydrogen (secondary N) is 1. The Morgan fingerprint density at radius 3 is 2.76 bits per heavy atom. The number of hydrogen-bond acceptors (Lipinski definition) is 5. The Balaban J connectivity index is 2.77. The van der Waals surface area contributed by atoms with Crippen LogP contribution in [0.2, 0.25) is 5.02 Å². The Bertz CT molecular complexity index is 557. The Kier molecular flexibility index (Phi) is 5.94. The first-order valence-corrected chi connectivity index (χ1v) is 6.91. The molecule has 6 nitrogen and oxygen atoms in total. The Morgan fingerprint density at radius 1 is 1.57 bits per heavy atom. The third-order valence-corrected chi connectivity index (χ3v) is 3.14. The molecule has 1 rings (SSSR count). The summed E-state index contributed by atoms with van der Waals surface area (Å²) in [6.45, 7) is 5.79. The van der Waals surface area contributed by atoms with Gasteiger partial charge in [-0.3, -0.25) is 15.4 Å². The molecular formula is C14H18ClN3O3. The molecule has 0 fully saturated rings. The molecule has 1 unspecified atom stereocenters. The topological polar surface area (TPSA) is 88.2 Å². The number of nitro benzene ring substituents is 1. The van der Waals surface area contributed by atoms with Crippen LogP contribution in [0.25, 0.3) is 0 Å². The van der Waals surface area contributed by atoms with Gasteiger partial charge in [0.15, 0.2) is 0 Å². The monoisotopic (exact) mass is 311 g/mol. The van der Waals surface area contributed by atoms with E-state index in [-0.39, 0.29) is 29.1 Å². The lowest BCUT2D eigenvalue weighted by molar-refractivity contribution is -0.385. The van der Waals surface area contributed by atoms with Crippen molar-refractivity contribution in [3.05, 3.63) is 33.3 Å². The molecule has 0 amide bonds. The molecule has 1 aromatic rings. The summed E-state index contributed by atoms with van der Waals surface area (Å²) in [6, 6.07) is 6.68. The van der Waals surface area contributed by atoms with Crippen LogP contribution in [-0.2, 0) is 0 Å². The highest BCUT2D eigenvalue weighted by atomic mass is 35.5. The molecule has 21 heavy (non-hydrogen) atoms. The lowest BCUT2D eigenvalue weighted by Gasteiger charge is -2.25. The second-order valence-corrected chi connectivity index (χ2v) is 5.59. The number of para-hydroxylation sites is 1. The van der Waals surface area contributed by atoms with Crippen LogP contribution in [0.3, 0.4) is 0 Å². The normalized spacial score (nSPS) is 13.5. The quantitative estimate of drug-likeness (QED) is 0.616. The second-order valence-electron chi connectivity index (χ2n) is 5.19. The zero-order chi connectivity index (χ0) is 16.0. The molecule has 0 spiro atoms. The van der Waals surface area contributed by atoms with Crippen molar-refractivity contribution in [3.8, 4) is 11.8 Å². The number of nitrogens with zero attached hydrogens (tertiary/aromatic N) is 2. The maximum absolute atomic E-state index is 10.9. The number of halogens is 1. The lowest BCUT2D eigenvalue weighted by Crippen LogP contribution is -2.45. The predicted molar refractivity (Wildman–Crippen MR) is 80.5 cm³/mol. The van der Waals surface area contributed by atoms with Crippen LogP contribution in [0, 0.1) is 21.4 Å². The number of ether oxygens (including phenoxy) is 1. The van der Waals surface area contributed by atoms with Gasteiger partial charge < -0.3 is 4.74 Å². The third kappa shape index (κ3) is 4.88. The molecule has 0 aliphatic carbocycles. The number of nitriles is 1. The van der Waals surface area contributed by atoms with E-state index in [0.29, 0.717) is 6.42 Å². The molecule has 0 heterocycles. The van der Waals surface area contributed by atoms with Crippen LogP contribution < -0.4 is 10.1 Å². The molecule has 0 bridgehead atoms. The van der Waals surface area contributed by atoms with E-state index in [4.69, 9.17) is 16.3 Å². The Labute approximate surface area is 128 Å². The van der Waals surface area contributed by atoms with E-state index in [9.17, 15) is 15.4 Å². The van der Waals surface area contributed by atoms with Crippen LogP contribution in [0.4, 0.5) is 5.69 Å². The molecule has 7 heteroatoms. The smallest absolute Gasteiger partial charge is 0.312 e. The van der Waals surface area contributed by atoms with E-state index in [2.05, 4.69) is 11.4 Å². The van der Waals surface area contributed by atoms with Crippen LogP contribution in [0.15, 0.2) is 18.2 Å². The molecular weight excluding hydrogens is 294 g/mol. The van der Waals surface area contributed by atoms with Crippen molar-refractivity contribution < 1.29 is 9.66 Å². The summed E-state index contributed by atoms with van der Waals surface area (Å²) >= 11 is 5.93. The van der Waals surface area contributed by atoms with Gasteiger partial charge in [0.2, 0.25) is 5.75 Å². The van der Waals surface area contributed by atoms with Gasteiger partial charge >= 0.3 is 5.69 Å². The fourth-order valence-electron chi connectivity index (χ4n) is 1.94. The van der Waals surface area contributed by atoms with Crippen molar-refractivity contribution in [1.82, 2.24) is 5.32 Å². The van der Waals surface area contributed by atoms with Gasteiger partial charge in [0.1, 0.15) is 5.54 Å². The van der Waals surface area contributed by atoms with Gasteiger partial charge in [0.25, 0.3) is 0 Å². The van der Waals surface area contributed by atoms with Gasteiger partial charge in [-0.15, -0.1) is 0 Å². The van der Waals surface area contributed by atoms with Gasteiger partial charge in [-0.2, -0.15) is 5.26 Å². The summed E-state index contributed by atoms with van der Waals surface area (Å²) in [5.74, 6) is 0.0361. The zero-order valence-electron chi connectivity index (χ0n) is 12.2. The van der Waals surface area contributed by atoms with Gasteiger partial charge in [-0.05, 0) is 26.8 Å². The van der Waals surface area contributed by atoms with Gasteiger partial charge in [-0.25, -0.2) is 0 Å². The average Bonchev–Trinajstić information content (AvgIpc) is 2.39. The van der Waals surface area contributed by atoms with E-state index in [1.54, 1.807) is 6.92 Å². The van der Waals surface area contributed by atoms with Crippen LogP contribution >= 0.6 is 11.6 Å². The standard InChI is InChI=1S/C14H18ClN3O3/c1-10(2)17-14(3,9-16)7-8-21-13-11(15)5-4-6-12(13)18(19)20/h4-6,10,17H,7-8H2,1-3H3. The van der Waals surface area contributed by atoms with E-state index < -0.39 is 10.5 Å². The molecule has 0 saturated carbocycles. The first-order valence-electron chi connectivity index (χ1n) is 6.54. The summed E-state index contributed by atoms with van der Waals surface area (Å²) in [5, 5.41) is 23.5. The minimum Gasteiger partial charge on any atom is -0.486 e. The molecule has 114 valence electrons. The highest BCUT2D eigenvalue weighted by Gasteiger charge is 2.25. The first-order chi connectivity index (χ1) is 9.79. The molecule has 0 saturated heterocycles. The molecule has 1 aromatic carbocycles. The van der Waals surface area contributed by atoms with Crippen molar-refractivity contribution in [2.75, 3.05) is 6.61 Å². The second kappa shape index (κ2) is 7.25. The summed E-state index contributed by atoms with van der Waals surface area (Å²) in [6.07, 6.45) is 0.379. The minimum absolute atomic E-state index is 0.0361. The minimum atomic E-state index is -0.760. The van der Waals surface area contributed by atoms with Gasteiger partial charge in [0, 0.05) is 18.5 Å². The highest BCUT2D eigenvalue weighted by molar-refractivity contribution is 6.32. The fourth-order valence-corrected chi connectivity index (χ4v) is 2.16. The number of benzene rings is 1. The summed E-state index contributed by atoms with van der Waals surface area (Å²) in [7, 11) is 0. The van der Waals surface area contributed by atoms with E-state index in [1.165, 1.54) is 18.2 Å². The van der Waals surface area contributed by atoms with E-state index in [1.807, 2.05) is 13.8 Å². The molecule has 0 radical (unpaired) electrons. The van der Waals surface area contributed by atoms with Crippen LogP contribution in [0.1, 0.15) is 27.2 Å². The van der Waals surface area contributed by atoms with Crippen molar-refractivity contribution >= 4 is 17.3 Å². The average molecular weight is 312 g/mol. The van der Waals surface area contributed by atoms with Crippen molar-refractivity contribution in [2.24, 2.45) is 0 Å². The molecule has 1 N–H and O–H groups in total. The first kappa shape index (κ1) is 17.2. The summed E-state index contributed by atoms with van der Waals surface area (Å²) in [4.78, 5) is 10.4. The van der Waals surface area contributed by atoms with E-state index >= 15 is 0 Å². The highest BCUT2D eigenvalue weighted by Crippen LogP contribution is 2.34. The van der Waals surface area contributed by atoms with Crippen molar-refractivity contribution in [2.45, 2.75) is 38.8 Å². The number of rotatable bonds is 7. The zero-order valence-corrected chi connectivity index (χ0v) is 13.0. The van der Waals surface area contributed by atoms with Crippen molar-refractivity contribution in [1.29, 1.82) is 5.26 Å². The van der Waals surface area contributed by atoms with Gasteiger partial charge in [0.05, 0.1) is 22.6 Å². The molecule has 0 aliphatic rings. The van der Waals surface area contributed by atoms with Crippen LogP contribution in [0.5, 0.6) is 5.75 Å². The third-order valence-electron chi connectivity index (χ3n) is 2.85. The fraction of sp³-hybridized carbons (Fsp3) is 0.500. The number of nitro groups is 1. The maximum atomic E-state index is 10.9. The number of hydrogen-bond donors (Lipinski definition) is 1. The molecule has 0 aromatic heterocycles. The maximum Gasteiger partial charge on any atom is 0.312 e. The molecule has 0 aliphatic heterocycles. The lowest BCUT2D eigenvalue weighted by atomic mass is 9.99.